The van der Waals surface area contributed by atoms with Gasteiger partial charge in [-0.1, -0.05) is 42.5 Å². The summed E-state index contributed by atoms with van der Waals surface area (Å²) in [6.45, 7) is 0. The van der Waals surface area contributed by atoms with Crippen LogP contribution in [0.1, 0.15) is 21.5 Å². The molecule has 2 N–H and O–H groups in total. The summed E-state index contributed by atoms with van der Waals surface area (Å²) in [6, 6.07) is 15.8. The molecule has 0 aliphatic rings. The number of hydrogen-bond donors (Lipinski definition) is 2. The molecule has 3 rings (SSSR count). The largest absolute Gasteiger partial charge is 0.478 e. The van der Waals surface area contributed by atoms with E-state index in [4.69, 9.17) is 0 Å². The topological polar surface area (TPSA) is 83.5 Å². The van der Waals surface area contributed by atoms with Crippen molar-refractivity contribution in [3.8, 4) is 0 Å². The van der Waals surface area contributed by atoms with Gasteiger partial charge in [0.25, 0.3) is 10.0 Å². The fourth-order valence-corrected chi connectivity index (χ4v) is 4.23. The van der Waals surface area contributed by atoms with Crippen LogP contribution in [0.25, 0.3) is 0 Å². The van der Waals surface area contributed by atoms with Gasteiger partial charge in [-0.3, -0.25) is 4.72 Å². The molecule has 0 saturated carbocycles. The van der Waals surface area contributed by atoms with Gasteiger partial charge >= 0.3 is 5.97 Å². The number of carboxylic acids is 1. The number of halogens is 2. The predicted octanol–water partition coefficient (Wildman–Crippen LogP) is 4.25. The number of sulfonamides is 1. The van der Waals surface area contributed by atoms with Crippen molar-refractivity contribution >= 4 is 21.7 Å². The minimum absolute atomic E-state index is 0.166. The van der Waals surface area contributed by atoms with Crippen LogP contribution in [0, 0.1) is 11.6 Å². The molecule has 0 spiro atoms. The number of rotatable bonds is 7. The second kappa shape index (κ2) is 8.40. The number of hydrogen-bond acceptors (Lipinski definition) is 3. The lowest BCUT2D eigenvalue weighted by molar-refractivity contribution is 0.0695. The molecule has 150 valence electrons. The van der Waals surface area contributed by atoms with Crippen LogP contribution < -0.4 is 4.72 Å². The first kappa shape index (κ1) is 20.5. The van der Waals surface area contributed by atoms with E-state index < -0.39 is 32.5 Å². The van der Waals surface area contributed by atoms with E-state index in [1.807, 2.05) is 0 Å². The van der Waals surface area contributed by atoms with Crippen LogP contribution in [0.15, 0.2) is 71.6 Å². The summed E-state index contributed by atoms with van der Waals surface area (Å²) >= 11 is 0. The Bertz CT molecular complexity index is 1140. The standard InChI is InChI=1S/C21H17F2NO4S/c22-17-9-5-10-18(23)20(17)29(27,28)24-19-11-4-2-7-15(19)13-12-14-6-1-3-8-16(14)21(25)26/h1-11,24H,12-13H2,(H,25,26). The van der Waals surface area contributed by atoms with Crippen molar-refractivity contribution in [2.24, 2.45) is 0 Å². The number of carbonyl (C=O) groups is 1. The molecule has 0 saturated heterocycles. The van der Waals surface area contributed by atoms with Gasteiger partial charge in [0.05, 0.1) is 11.3 Å². The number of benzene rings is 3. The molecule has 0 heterocycles. The van der Waals surface area contributed by atoms with E-state index in [0.29, 0.717) is 24.0 Å². The van der Waals surface area contributed by atoms with Gasteiger partial charge in [0.2, 0.25) is 0 Å². The molecule has 29 heavy (non-hydrogen) atoms. The van der Waals surface area contributed by atoms with Crippen LogP contribution in [-0.2, 0) is 22.9 Å². The second-order valence-electron chi connectivity index (χ2n) is 6.28. The van der Waals surface area contributed by atoms with Crippen molar-refractivity contribution in [3.63, 3.8) is 0 Å². The molecule has 0 radical (unpaired) electrons. The fourth-order valence-electron chi connectivity index (χ4n) is 2.99. The maximum atomic E-state index is 13.9. The van der Waals surface area contributed by atoms with Crippen molar-refractivity contribution in [2.75, 3.05) is 4.72 Å². The second-order valence-corrected chi connectivity index (χ2v) is 7.89. The summed E-state index contributed by atoms with van der Waals surface area (Å²) < 4.78 is 55.2. The molecule has 0 atom stereocenters. The highest BCUT2D eigenvalue weighted by molar-refractivity contribution is 7.92. The fraction of sp³-hybridized carbons (Fsp3) is 0.0952. The van der Waals surface area contributed by atoms with Crippen molar-refractivity contribution in [1.82, 2.24) is 0 Å². The Morgan fingerprint density at radius 3 is 2.03 bits per heavy atom. The van der Waals surface area contributed by atoms with Gasteiger partial charge < -0.3 is 5.11 Å². The number of para-hydroxylation sites is 1. The third-order valence-electron chi connectivity index (χ3n) is 4.36. The van der Waals surface area contributed by atoms with Crippen LogP contribution in [-0.4, -0.2) is 19.5 Å². The minimum Gasteiger partial charge on any atom is -0.478 e. The monoisotopic (exact) mass is 417 g/mol. The van der Waals surface area contributed by atoms with E-state index in [-0.39, 0.29) is 11.3 Å². The molecule has 0 fully saturated rings. The van der Waals surface area contributed by atoms with Gasteiger partial charge in [0.15, 0.2) is 4.90 Å². The Kier molecular flexibility index (Phi) is 5.93. The van der Waals surface area contributed by atoms with Crippen LogP contribution in [0.4, 0.5) is 14.5 Å². The molecule has 5 nitrogen and oxygen atoms in total. The summed E-state index contributed by atoms with van der Waals surface area (Å²) in [4.78, 5) is 10.3. The van der Waals surface area contributed by atoms with Crippen LogP contribution >= 0.6 is 0 Å². The maximum Gasteiger partial charge on any atom is 0.335 e. The molecule has 3 aromatic carbocycles. The Labute approximate surface area is 166 Å². The Hall–Kier alpha value is -3.26. The van der Waals surface area contributed by atoms with Gasteiger partial charge in [-0.15, -0.1) is 0 Å². The zero-order valence-electron chi connectivity index (χ0n) is 15.1. The lowest BCUT2D eigenvalue weighted by Gasteiger charge is -2.14. The molecule has 0 aliphatic heterocycles. The highest BCUT2D eigenvalue weighted by atomic mass is 32.2. The molecular weight excluding hydrogens is 400 g/mol. The van der Waals surface area contributed by atoms with Crippen molar-refractivity contribution < 1.29 is 27.1 Å². The lowest BCUT2D eigenvalue weighted by atomic mass is 9.99. The molecule has 0 amide bonds. The van der Waals surface area contributed by atoms with Gasteiger partial charge in [-0.05, 0) is 48.2 Å². The number of nitrogens with one attached hydrogen (secondary N) is 1. The summed E-state index contributed by atoms with van der Waals surface area (Å²) in [5.74, 6) is -3.43. The first-order valence-electron chi connectivity index (χ1n) is 8.65. The highest BCUT2D eigenvalue weighted by Crippen LogP contribution is 2.25. The van der Waals surface area contributed by atoms with Crippen molar-refractivity contribution in [1.29, 1.82) is 0 Å². The molecule has 0 aromatic heterocycles. The van der Waals surface area contributed by atoms with E-state index in [0.717, 1.165) is 18.2 Å². The quantitative estimate of drug-likeness (QED) is 0.602. The SMILES string of the molecule is O=C(O)c1ccccc1CCc1ccccc1NS(=O)(=O)c1c(F)cccc1F. The molecular formula is C21H17F2NO4S. The Morgan fingerprint density at radius 2 is 1.38 bits per heavy atom. The highest BCUT2D eigenvalue weighted by Gasteiger charge is 2.24. The van der Waals surface area contributed by atoms with Crippen molar-refractivity contribution in [2.45, 2.75) is 17.7 Å². The first-order chi connectivity index (χ1) is 13.8. The maximum absolute atomic E-state index is 13.9. The van der Waals surface area contributed by atoms with Gasteiger partial charge in [0, 0.05) is 0 Å². The van der Waals surface area contributed by atoms with Gasteiger partial charge in [-0.2, -0.15) is 0 Å². The molecule has 0 unspecified atom stereocenters. The number of aryl methyl sites for hydroxylation is 2. The lowest BCUT2D eigenvalue weighted by Crippen LogP contribution is -2.17. The van der Waals surface area contributed by atoms with E-state index in [2.05, 4.69) is 4.72 Å². The summed E-state index contributed by atoms with van der Waals surface area (Å²) in [6.07, 6.45) is 0.665. The average Bonchev–Trinajstić information content (AvgIpc) is 2.67. The summed E-state index contributed by atoms with van der Waals surface area (Å²) in [5.41, 5.74) is 1.49. The van der Waals surface area contributed by atoms with Gasteiger partial charge in [0.1, 0.15) is 11.6 Å². The summed E-state index contributed by atoms with van der Waals surface area (Å²) in [5, 5.41) is 9.29. The predicted molar refractivity (Wildman–Crippen MR) is 104 cm³/mol. The number of aromatic carboxylic acids is 1. The molecule has 3 aromatic rings. The van der Waals surface area contributed by atoms with E-state index >= 15 is 0 Å². The zero-order chi connectivity index (χ0) is 21.0. The zero-order valence-corrected chi connectivity index (χ0v) is 15.9. The van der Waals surface area contributed by atoms with Crippen LogP contribution in [0.5, 0.6) is 0 Å². The Morgan fingerprint density at radius 1 is 0.828 bits per heavy atom. The van der Waals surface area contributed by atoms with E-state index in [1.54, 1.807) is 36.4 Å². The molecule has 0 bridgehead atoms. The summed E-state index contributed by atoms with van der Waals surface area (Å²) in [7, 11) is -4.50. The van der Waals surface area contributed by atoms with E-state index in [1.165, 1.54) is 12.1 Å². The number of anilines is 1. The van der Waals surface area contributed by atoms with Crippen LogP contribution in [0.3, 0.4) is 0 Å². The normalized spacial score (nSPS) is 11.2. The first-order valence-corrected chi connectivity index (χ1v) is 10.1. The number of carboxylic acid groups (broad SMARTS) is 1. The third kappa shape index (κ3) is 4.60. The van der Waals surface area contributed by atoms with Crippen molar-refractivity contribution in [3.05, 3.63) is 95.1 Å². The molecule has 8 heteroatoms. The minimum atomic E-state index is -4.50. The molecule has 0 aliphatic carbocycles. The Balaban J connectivity index is 1.88. The third-order valence-corrected chi connectivity index (χ3v) is 5.78. The van der Waals surface area contributed by atoms with Crippen LogP contribution in [0.2, 0.25) is 0 Å². The smallest absolute Gasteiger partial charge is 0.335 e. The van der Waals surface area contributed by atoms with E-state index in [9.17, 15) is 27.1 Å². The average molecular weight is 417 g/mol. The van der Waals surface area contributed by atoms with Gasteiger partial charge in [-0.25, -0.2) is 22.0 Å².